The lowest BCUT2D eigenvalue weighted by molar-refractivity contribution is -0.144. The molecule has 0 radical (unpaired) electrons. The summed E-state index contributed by atoms with van der Waals surface area (Å²) < 4.78 is 5.28. The van der Waals surface area contributed by atoms with Gasteiger partial charge in [0.15, 0.2) is 6.10 Å². The Hall–Kier alpha value is -3.18. The number of carboxylic acids is 1. The molecular weight excluding hydrogens is 342 g/mol. The fourth-order valence-electron chi connectivity index (χ4n) is 3.07. The molecule has 0 saturated heterocycles. The number of fused-ring (bicyclic) bond motifs is 1. The molecule has 2 atom stereocenters. The maximum Gasteiger partial charge on any atom is 0.326 e. The molecule has 0 spiro atoms. The maximum atomic E-state index is 12.6. The zero-order chi connectivity index (χ0) is 19.2. The third-order valence-corrected chi connectivity index (χ3v) is 4.44. The van der Waals surface area contributed by atoms with Crippen LogP contribution in [0.2, 0.25) is 0 Å². The largest absolute Gasteiger partial charge is 0.480 e. The fraction of sp³-hybridized carbons (Fsp3) is 0.182. The van der Waals surface area contributed by atoms with Crippen LogP contribution in [0.25, 0.3) is 10.8 Å². The summed E-state index contributed by atoms with van der Waals surface area (Å²) in [7, 11) is 1.43. The van der Waals surface area contributed by atoms with Crippen molar-refractivity contribution in [1.29, 1.82) is 0 Å². The molecule has 0 saturated carbocycles. The molecule has 2 N–H and O–H groups in total. The first kappa shape index (κ1) is 18.6. The van der Waals surface area contributed by atoms with Crippen molar-refractivity contribution in [2.45, 2.75) is 18.6 Å². The fourth-order valence-corrected chi connectivity index (χ4v) is 3.07. The number of nitrogens with one attached hydrogen (secondary N) is 1. The van der Waals surface area contributed by atoms with Crippen LogP contribution in [0.5, 0.6) is 0 Å². The second-order valence-electron chi connectivity index (χ2n) is 6.31. The number of amides is 1. The summed E-state index contributed by atoms with van der Waals surface area (Å²) in [5.41, 5.74) is 1.52. The Morgan fingerprint density at radius 3 is 2.30 bits per heavy atom. The Bertz CT molecular complexity index is 939. The van der Waals surface area contributed by atoms with Crippen LogP contribution in [0, 0.1) is 0 Å². The molecule has 138 valence electrons. The molecule has 1 amide bonds. The number of carboxylic acid groups (broad SMARTS) is 1. The van der Waals surface area contributed by atoms with E-state index in [0.717, 1.165) is 16.3 Å². The Balaban J connectivity index is 1.76. The van der Waals surface area contributed by atoms with Gasteiger partial charge in [-0.05, 0) is 21.9 Å². The van der Waals surface area contributed by atoms with E-state index < -0.39 is 24.0 Å². The summed E-state index contributed by atoms with van der Waals surface area (Å²) in [6, 6.07) is 21.6. The monoisotopic (exact) mass is 363 g/mol. The molecule has 0 bridgehead atoms. The summed E-state index contributed by atoms with van der Waals surface area (Å²) in [6.45, 7) is 0. The van der Waals surface area contributed by atoms with E-state index in [0.29, 0.717) is 5.56 Å². The number of carbonyl (C=O) groups excluding carboxylic acids is 1. The third-order valence-electron chi connectivity index (χ3n) is 4.44. The number of methoxy groups -OCH3 is 1. The number of carbonyl (C=O) groups is 2. The molecule has 0 unspecified atom stereocenters. The molecule has 0 aliphatic heterocycles. The smallest absolute Gasteiger partial charge is 0.326 e. The number of ether oxygens (including phenoxy) is 1. The molecule has 5 heteroatoms. The highest BCUT2D eigenvalue weighted by molar-refractivity contribution is 5.88. The van der Waals surface area contributed by atoms with Gasteiger partial charge in [0.05, 0.1) is 0 Å². The molecule has 0 aliphatic rings. The standard InChI is InChI=1S/C22H21NO4/c1-27-20(17-8-3-2-4-9-17)21(24)23-19(22(25)26)14-15-11-12-16-7-5-6-10-18(16)13-15/h2-13,19-20H,14H2,1H3,(H,23,24)(H,25,26)/t19-,20+/m0/s1. The Morgan fingerprint density at radius 1 is 0.963 bits per heavy atom. The van der Waals surface area contributed by atoms with Crippen LogP contribution in [0.15, 0.2) is 72.8 Å². The van der Waals surface area contributed by atoms with Crippen molar-refractivity contribution < 1.29 is 19.4 Å². The number of hydrogen-bond donors (Lipinski definition) is 2. The van der Waals surface area contributed by atoms with Gasteiger partial charge in [-0.2, -0.15) is 0 Å². The van der Waals surface area contributed by atoms with Gasteiger partial charge in [-0.25, -0.2) is 4.79 Å². The predicted molar refractivity (Wildman–Crippen MR) is 103 cm³/mol. The van der Waals surface area contributed by atoms with Gasteiger partial charge in [-0.1, -0.05) is 72.8 Å². The normalized spacial score (nSPS) is 13.1. The van der Waals surface area contributed by atoms with Gasteiger partial charge < -0.3 is 15.2 Å². The van der Waals surface area contributed by atoms with Gasteiger partial charge in [-0.3, -0.25) is 4.79 Å². The Labute approximate surface area is 157 Å². The zero-order valence-electron chi connectivity index (χ0n) is 15.0. The van der Waals surface area contributed by atoms with Crippen LogP contribution >= 0.6 is 0 Å². The summed E-state index contributed by atoms with van der Waals surface area (Å²) in [5, 5.41) is 14.3. The van der Waals surface area contributed by atoms with Gasteiger partial charge in [0, 0.05) is 13.5 Å². The van der Waals surface area contributed by atoms with Crippen molar-refractivity contribution in [3.63, 3.8) is 0 Å². The van der Waals surface area contributed by atoms with Crippen LogP contribution in [0.1, 0.15) is 17.2 Å². The van der Waals surface area contributed by atoms with E-state index in [1.807, 2.05) is 48.5 Å². The van der Waals surface area contributed by atoms with Crippen LogP contribution in [-0.2, 0) is 20.7 Å². The average Bonchev–Trinajstić information content (AvgIpc) is 2.68. The highest BCUT2D eigenvalue weighted by Gasteiger charge is 2.26. The van der Waals surface area contributed by atoms with E-state index in [1.54, 1.807) is 24.3 Å². The minimum absolute atomic E-state index is 0.192. The predicted octanol–water partition coefficient (Wildman–Crippen LogP) is 3.34. The molecule has 3 aromatic rings. The zero-order valence-corrected chi connectivity index (χ0v) is 15.0. The van der Waals surface area contributed by atoms with Gasteiger partial charge in [0.1, 0.15) is 6.04 Å². The van der Waals surface area contributed by atoms with E-state index >= 15 is 0 Å². The maximum absolute atomic E-state index is 12.6. The number of hydrogen-bond acceptors (Lipinski definition) is 3. The van der Waals surface area contributed by atoms with Gasteiger partial charge in [-0.15, -0.1) is 0 Å². The van der Waals surface area contributed by atoms with E-state index in [4.69, 9.17) is 4.74 Å². The highest BCUT2D eigenvalue weighted by Crippen LogP contribution is 2.19. The molecule has 0 aliphatic carbocycles. The molecule has 0 fully saturated rings. The molecular formula is C22H21NO4. The van der Waals surface area contributed by atoms with Crippen LogP contribution in [-0.4, -0.2) is 30.1 Å². The van der Waals surface area contributed by atoms with E-state index in [-0.39, 0.29) is 6.42 Å². The van der Waals surface area contributed by atoms with Crippen molar-refractivity contribution >= 4 is 22.6 Å². The van der Waals surface area contributed by atoms with Gasteiger partial charge in [0.2, 0.25) is 0 Å². The SMILES string of the molecule is CO[C@@H](C(=O)N[C@@H](Cc1ccc2ccccc2c1)C(=O)O)c1ccccc1. The third kappa shape index (κ3) is 4.51. The second kappa shape index (κ2) is 8.47. The molecule has 3 aromatic carbocycles. The van der Waals surface area contributed by atoms with Crippen molar-refractivity contribution in [3.8, 4) is 0 Å². The number of rotatable bonds is 7. The topological polar surface area (TPSA) is 75.6 Å². The van der Waals surface area contributed by atoms with Gasteiger partial charge in [0.25, 0.3) is 5.91 Å². The number of benzene rings is 3. The molecule has 0 heterocycles. The van der Waals surface area contributed by atoms with Crippen molar-refractivity contribution in [2.24, 2.45) is 0 Å². The minimum atomic E-state index is -1.08. The molecule has 0 aromatic heterocycles. The van der Waals surface area contributed by atoms with E-state index in [1.165, 1.54) is 7.11 Å². The second-order valence-corrected chi connectivity index (χ2v) is 6.31. The molecule has 27 heavy (non-hydrogen) atoms. The first-order chi connectivity index (χ1) is 13.1. The first-order valence-electron chi connectivity index (χ1n) is 8.67. The quantitative estimate of drug-likeness (QED) is 0.675. The summed E-state index contributed by atoms with van der Waals surface area (Å²) >= 11 is 0. The summed E-state index contributed by atoms with van der Waals surface area (Å²) in [5.74, 6) is -1.56. The lowest BCUT2D eigenvalue weighted by atomic mass is 10.0. The molecule has 5 nitrogen and oxygen atoms in total. The van der Waals surface area contributed by atoms with Crippen LogP contribution < -0.4 is 5.32 Å². The van der Waals surface area contributed by atoms with E-state index in [9.17, 15) is 14.7 Å². The lowest BCUT2D eigenvalue weighted by Gasteiger charge is -2.20. The van der Waals surface area contributed by atoms with Crippen molar-refractivity contribution in [2.75, 3.05) is 7.11 Å². The summed E-state index contributed by atoms with van der Waals surface area (Å²) in [6.07, 6.45) is -0.665. The summed E-state index contributed by atoms with van der Waals surface area (Å²) in [4.78, 5) is 24.3. The molecule has 3 rings (SSSR count). The Kier molecular flexibility index (Phi) is 5.84. The number of aliphatic carboxylic acids is 1. The lowest BCUT2D eigenvalue weighted by Crippen LogP contribution is -2.44. The van der Waals surface area contributed by atoms with Crippen LogP contribution in [0.4, 0.5) is 0 Å². The van der Waals surface area contributed by atoms with Crippen LogP contribution in [0.3, 0.4) is 0 Å². The minimum Gasteiger partial charge on any atom is -0.480 e. The first-order valence-corrected chi connectivity index (χ1v) is 8.67. The Morgan fingerprint density at radius 2 is 1.63 bits per heavy atom. The average molecular weight is 363 g/mol. The van der Waals surface area contributed by atoms with Crippen molar-refractivity contribution in [1.82, 2.24) is 5.32 Å². The van der Waals surface area contributed by atoms with E-state index in [2.05, 4.69) is 5.32 Å². The highest BCUT2D eigenvalue weighted by atomic mass is 16.5. The van der Waals surface area contributed by atoms with Crippen molar-refractivity contribution in [3.05, 3.63) is 83.9 Å². The van der Waals surface area contributed by atoms with Gasteiger partial charge >= 0.3 is 5.97 Å².